The second-order valence-electron chi connectivity index (χ2n) is 5.04. The topological polar surface area (TPSA) is 31.6 Å². The molecule has 0 aliphatic rings. The van der Waals surface area contributed by atoms with Gasteiger partial charge in [-0.15, -0.1) is 0 Å². The summed E-state index contributed by atoms with van der Waals surface area (Å²) in [6.07, 6.45) is 3.96. The molecule has 0 fully saturated rings. The molecule has 3 aromatic rings. The summed E-state index contributed by atoms with van der Waals surface area (Å²) in [4.78, 5) is 6.69. The first kappa shape index (κ1) is 11.8. The Morgan fingerprint density at radius 3 is 1.95 bits per heavy atom. The predicted octanol–water partition coefficient (Wildman–Crippen LogP) is 4.14. The van der Waals surface area contributed by atoms with Gasteiger partial charge in [0.05, 0.1) is 5.92 Å². The van der Waals surface area contributed by atoms with Crippen LogP contribution in [0.1, 0.15) is 34.0 Å². The lowest BCUT2D eigenvalue weighted by atomic mass is 9.89. The number of rotatable bonds is 3. The third kappa shape index (κ3) is 2.22. The minimum absolute atomic E-state index is 0.241. The van der Waals surface area contributed by atoms with Crippen LogP contribution >= 0.6 is 0 Å². The largest absolute Gasteiger partial charge is 0.364 e. The minimum atomic E-state index is 0.241. The number of benzene rings is 1. The van der Waals surface area contributed by atoms with Crippen molar-refractivity contribution in [3.05, 3.63) is 82.9 Å². The van der Waals surface area contributed by atoms with E-state index in [2.05, 4.69) is 66.3 Å². The van der Waals surface area contributed by atoms with Gasteiger partial charge >= 0.3 is 0 Å². The summed E-state index contributed by atoms with van der Waals surface area (Å²) in [6, 6.07) is 15.0. The fourth-order valence-electron chi connectivity index (χ4n) is 2.70. The molecule has 0 saturated carbocycles. The lowest BCUT2D eigenvalue weighted by molar-refractivity contribution is 0.887. The van der Waals surface area contributed by atoms with Crippen LogP contribution in [0.25, 0.3) is 0 Å². The first-order valence-corrected chi connectivity index (χ1v) is 6.59. The number of aryl methyl sites for hydroxylation is 2. The van der Waals surface area contributed by atoms with Crippen LogP contribution in [0.3, 0.4) is 0 Å². The summed E-state index contributed by atoms with van der Waals surface area (Å²) in [5.41, 5.74) is 6.41. The Kier molecular flexibility index (Phi) is 3.00. The zero-order valence-electron chi connectivity index (χ0n) is 11.3. The molecule has 2 nitrogen and oxygen atoms in total. The van der Waals surface area contributed by atoms with Crippen molar-refractivity contribution in [3.63, 3.8) is 0 Å². The molecule has 0 radical (unpaired) electrons. The van der Waals surface area contributed by atoms with Gasteiger partial charge in [0, 0.05) is 23.8 Å². The molecule has 0 aliphatic heterocycles. The number of hydrogen-bond acceptors (Lipinski definition) is 0. The summed E-state index contributed by atoms with van der Waals surface area (Å²) >= 11 is 0. The average molecular weight is 250 g/mol. The Balaban J connectivity index is 2.14. The van der Waals surface area contributed by atoms with Crippen molar-refractivity contribution in [2.24, 2.45) is 0 Å². The Bertz CT molecular complexity index is 614. The predicted molar refractivity (Wildman–Crippen MR) is 78.4 cm³/mol. The summed E-state index contributed by atoms with van der Waals surface area (Å²) in [7, 11) is 0. The molecule has 2 heteroatoms. The normalized spacial score (nSPS) is 11.1. The van der Waals surface area contributed by atoms with Crippen LogP contribution in [-0.2, 0) is 0 Å². The second-order valence-corrected chi connectivity index (χ2v) is 5.04. The monoisotopic (exact) mass is 250 g/mol. The maximum Gasteiger partial charge on any atom is 0.0643 e. The van der Waals surface area contributed by atoms with Crippen molar-refractivity contribution < 1.29 is 0 Å². The number of H-pyrrole nitrogens is 2. The highest BCUT2D eigenvalue weighted by Crippen LogP contribution is 2.32. The molecule has 0 aliphatic carbocycles. The van der Waals surface area contributed by atoms with Crippen LogP contribution in [0.15, 0.2) is 54.9 Å². The molecule has 19 heavy (non-hydrogen) atoms. The van der Waals surface area contributed by atoms with Crippen LogP contribution in [-0.4, -0.2) is 9.97 Å². The van der Waals surface area contributed by atoms with Crippen LogP contribution < -0.4 is 0 Å². The number of hydrogen-bond donors (Lipinski definition) is 2. The van der Waals surface area contributed by atoms with E-state index in [4.69, 9.17) is 0 Å². The van der Waals surface area contributed by atoms with Crippen molar-refractivity contribution in [1.29, 1.82) is 0 Å². The molecule has 2 N–H and O–H groups in total. The molecule has 96 valence electrons. The average Bonchev–Trinajstić information content (AvgIpc) is 3.06. The summed E-state index contributed by atoms with van der Waals surface area (Å²) in [6.45, 7) is 4.32. The van der Waals surface area contributed by atoms with Gasteiger partial charge in [0.2, 0.25) is 0 Å². The van der Waals surface area contributed by atoms with Gasteiger partial charge in [-0.2, -0.15) is 0 Å². The smallest absolute Gasteiger partial charge is 0.0643 e. The Hall–Kier alpha value is -2.22. The van der Waals surface area contributed by atoms with Crippen LogP contribution in [0, 0.1) is 13.8 Å². The fourth-order valence-corrected chi connectivity index (χ4v) is 2.70. The van der Waals surface area contributed by atoms with Crippen molar-refractivity contribution in [3.8, 4) is 0 Å². The van der Waals surface area contributed by atoms with Crippen LogP contribution in [0.4, 0.5) is 0 Å². The Morgan fingerprint density at radius 2 is 1.47 bits per heavy atom. The van der Waals surface area contributed by atoms with E-state index < -0.39 is 0 Å². The van der Waals surface area contributed by atoms with E-state index in [0.29, 0.717) is 0 Å². The van der Waals surface area contributed by atoms with E-state index >= 15 is 0 Å². The van der Waals surface area contributed by atoms with Gasteiger partial charge in [0.15, 0.2) is 0 Å². The van der Waals surface area contributed by atoms with E-state index in [1.165, 1.54) is 28.1 Å². The molecular formula is C17H18N2. The van der Waals surface area contributed by atoms with Gasteiger partial charge in [-0.05, 0) is 49.2 Å². The van der Waals surface area contributed by atoms with Crippen molar-refractivity contribution >= 4 is 0 Å². The molecule has 0 amide bonds. The quantitative estimate of drug-likeness (QED) is 0.700. The van der Waals surface area contributed by atoms with Crippen molar-refractivity contribution in [2.75, 3.05) is 0 Å². The zero-order chi connectivity index (χ0) is 13.2. The van der Waals surface area contributed by atoms with E-state index in [1.54, 1.807) is 0 Å². The Morgan fingerprint density at radius 1 is 0.842 bits per heavy atom. The lowest BCUT2D eigenvalue weighted by Gasteiger charge is -2.18. The summed E-state index contributed by atoms with van der Waals surface area (Å²) < 4.78 is 0. The first-order valence-electron chi connectivity index (χ1n) is 6.59. The van der Waals surface area contributed by atoms with Gasteiger partial charge in [-0.3, -0.25) is 0 Å². The number of aromatic nitrogens is 2. The maximum atomic E-state index is 3.35. The number of aromatic amines is 2. The molecule has 0 bridgehead atoms. The molecule has 1 aromatic carbocycles. The van der Waals surface area contributed by atoms with Gasteiger partial charge < -0.3 is 9.97 Å². The minimum Gasteiger partial charge on any atom is -0.364 e. The van der Waals surface area contributed by atoms with Gasteiger partial charge in [0.25, 0.3) is 0 Å². The van der Waals surface area contributed by atoms with Gasteiger partial charge in [-0.1, -0.05) is 23.8 Å². The van der Waals surface area contributed by atoms with E-state index in [1.807, 2.05) is 12.4 Å². The fraction of sp³-hybridized carbons (Fsp3) is 0.176. The molecule has 0 spiro atoms. The van der Waals surface area contributed by atoms with E-state index in [0.717, 1.165) is 0 Å². The molecule has 2 aromatic heterocycles. The standard InChI is InChI=1S/C17H18N2/c1-12-7-8-14(13(2)11-12)17(15-5-3-9-18-15)16-6-4-10-19-16/h3-11,17-19H,1-2H3. The van der Waals surface area contributed by atoms with Crippen LogP contribution in [0.2, 0.25) is 0 Å². The van der Waals surface area contributed by atoms with E-state index in [9.17, 15) is 0 Å². The van der Waals surface area contributed by atoms with Crippen LogP contribution in [0.5, 0.6) is 0 Å². The molecular weight excluding hydrogens is 232 g/mol. The second kappa shape index (κ2) is 4.81. The molecule has 3 rings (SSSR count). The highest BCUT2D eigenvalue weighted by molar-refractivity contribution is 5.43. The summed E-state index contributed by atoms with van der Waals surface area (Å²) in [5, 5.41) is 0. The molecule has 0 atom stereocenters. The van der Waals surface area contributed by atoms with Crippen molar-refractivity contribution in [2.45, 2.75) is 19.8 Å². The van der Waals surface area contributed by atoms with Gasteiger partial charge in [-0.25, -0.2) is 0 Å². The molecule has 2 heterocycles. The Labute approximate surface area is 113 Å². The summed E-state index contributed by atoms with van der Waals surface area (Å²) in [5.74, 6) is 0.241. The number of nitrogens with one attached hydrogen (secondary N) is 2. The SMILES string of the molecule is Cc1ccc(C(c2ccc[nH]2)c2ccc[nH]2)c(C)c1. The molecule has 0 unspecified atom stereocenters. The third-order valence-corrected chi connectivity index (χ3v) is 3.60. The van der Waals surface area contributed by atoms with Crippen molar-refractivity contribution in [1.82, 2.24) is 9.97 Å². The first-order chi connectivity index (χ1) is 9.25. The third-order valence-electron chi connectivity index (χ3n) is 3.60. The zero-order valence-corrected chi connectivity index (χ0v) is 11.3. The molecule has 0 saturated heterocycles. The van der Waals surface area contributed by atoms with E-state index in [-0.39, 0.29) is 5.92 Å². The highest BCUT2D eigenvalue weighted by Gasteiger charge is 2.19. The lowest BCUT2D eigenvalue weighted by Crippen LogP contribution is -2.06. The highest BCUT2D eigenvalue weighted by atomic mass is 14.7. The maximum absolute atomic E-state index is 3.35. The van der Waals surface area contributed by atoms with Gasteiger partial charge in [0.1, 0.15) is 0 Å².